The Morgan fingerprint density at radius 2 is 1.57 bits per heavy atom. The average Bonchev–Trinajstić information content (AvgIpc) is 2.66. The summed E-state index contributed by atoms with van der Waals surface area (Å²) in [5, 5.41) is 6.44. The van der Waals surface area contributed by atoms with Crippen LogP contribution in [0.25, 0.3) is 0 Å². The number of ether oxygens (including phenoxy) is 1. The first kappa shape index (κ1) is 21.8. The third-order valence-electron chi connectivity index (χ3n) is 4.39. The van der Waals surface area contributed by atoms with Crippen LogP contribution in [0, 0.1) is 5.92 Å². The summed E-state index contributed by atoms with van der Waals surface area (Å²) in [5.41, 5.74) is 1.42. The van der Waals surface area contributed by atoms with E-state index in [-0.39, 0.29) is 23.8 Å². The molecule has 28 heavy (non-hydrogen) atoms. The van der Waals surface area contributed by atoms with Gasteiger partial charge in [0, 0.05) is 10.6 Å². The lowest BCUT2D eigenvalue weighted by Gasteiger charge is -2.24. The number of amides is 2. The molecular weight excluding hydrogens is 376 g/mol. The second-order valence-electron chi connectivity index (χ2n) is 6.93. The van der Waals surface area contributed by atoms with Gasteiger partial charge in [0.1, 0.15) is 11.8 Å². The van der Waals surface area contributed by atoms with Crippen molar-refractivity contribution in [3.63, 3.8) is 0 Å². The van der Waals surface area contributed by atoms with Crippen LogP contribution in [0.4, 0.5) is 0 Å². The molecule has 0 saturated heterocycles. The van der Waals surface area contributed by atoms with Crippen LogP contribution in [0.3, 0.4) is 0 Å². The van der Waals surface area contributed by atoms with Crippen molar-refractivity contribution in [2.45, 2.75) is 39.8 Å². The molecule has 0 heterocycles. The molecule has 2 aromatic carbocycles. The van der Waals surface area contributed by atoms with Crippen LogP contribution in [0.2, 0.25) is 5.02 Å². The molecule has 0 bridgehead atoms. The summed E-state index contributed by atoms with van der Waals surface area (Å²) in [6.07, 6.45) is 0. The molecular formula is C22H27ClN2O3. The Kier molecular flexibility index (Phi) is 7.88. The zero-order valence-corrected chi connectivity index (χ0v) is 17.4. The van der Waals surface area contributed by atoms with Crippen LogP contribution in [0.5, 0.6) is 5.75 Å². The molecule has 0 spiro atoms. The van der Waals surface area contributed by atoms with Crippen LogP contribution < -0.4 is 15.4 Å². The molecule has 2 rings (SSSR count). The molecule has 2 unspecified atom stereocenters. The lowest BCUT2D eigenvalue weighted by atomic mass is 10.0. The highest BCUT2D eigenvalue weighted by Crippen LogP contribution is 2.17. The van der Waals surface area contributed by atoms with Gasteiger partial charge in [-0.05, 0) is 61.7 Å². The molecule has 6 heteroatoms. The van der Waals surface area contributed by atoms with Crippen molar-refractivity contribution in [2.24, 2.45) is 5.92 Å². The monoisotopic (exact) mass is 402 g/mol. The summed E-state index contributed by atoms with van der Waals surface area (Å²) in [7, 11) is 0. The topological polar surface area (TPSA) is 67.4 Å². The van der Waals surface area contributed by atoms with E-state index in [2.05, 4.69) is 10.6 Å². The Morgan fingerprint density at radius 1 is 0.964 bits per heavy atom. The summed E-state index contributed by atoms with van der Waals surface area (Å²) in [5.74, 6) is 0.117. The maximum atomic E-state index is 12.8. The minimum Gasteiger partial charge on any atom is -0.494 e. The normalized spacial score (nSPS) is 12.9. The van der Waals surface area contributed by atoms with Gasteiger partial charge < -0.3 is 15.4 Å². The summed E-state index contributed by atoms with van der Waals surface area (Å²) in [6.45, 7) is 8.16. The number of nitrogens with one attached hydrogen (secondary N) is 2. The number of benzene rings is 2. The number of rotatable bonds is 8. The fourth-order valence-corrected chi connectivity index (χ4v) is 2.89. The van der Waals surface area contributed by atoms with E-state index in [1.165, 1.54) is 0 Å². The van der Waals surface area contributed by atoms with E-state index in [9.17, 15) is 9.59 Å². The van der Waals surface area contributed by atoms with E-state index in [1.807, 2.05) is 39.8 Å². The SMILES string of the molecule is CCOc1ccc(C(=O)NC(C(=O)NC(C)c2ccc(Cl)cc2)C(C)C)cc1. The van der Waals surface area contributed by atoms with E-state index < -0.39 is 6.04 Å². The Balaban J connectivity index is 2.03. The predicted octanol–water partition coefficient (Wildman–Crippen LogP) is 4.37. The first-order valence-electron chi connectivity index (χ1n) is 9.41. The largest absolute Gasteiger partial charge is 0.494 e. The van der Waals surface area contributed by atoms with E-state index in [1.54, 1.807) is 36.4 Å². The zero-order valence-electron chi connectivity index (χ0n) is 16.7. The van der Waals surface area contributed by atoms with Gasteiger partial charge in [0.15, 0.2) is 0 Å². The van der Waals surface area contributed by atoms with Gasteiger partial charge in [-0.3, -0.25) is 9.59 Å². The third-order valence-corrected chi connectivity index (χ3v) is 4.64. The molecule has 2 N–H and O–H groups in total. The Morgan fingerprint density at radius 3 is 2.11 bits per heavy atom. The van der Waals surface area contributed by atoms with Crippen LogP contribution >= 0.6 is 11.6 Å². The maximum absolute atomic E-state index is 12.8. The smallest absolute Gasteiger partial charge is 0.251 e. The quantitative estimate of drug-likeness (QED) is 0.688. The summed E-state index contributed by atoms with van der Waals surface area (Å²) >= 11 is 5.91. The molecule has 2 aromatic rings. The maximum Gasteiger partial charge on any atom is 0.251 e. The van der Waals surface area contributed by atoms with Crippen LogP contribution in [-0.2, 0) is 4.79 Å². The number of carbonyl (C=O) groups excluding carboxylic acids is 2. The van der Waals surface area contributed by atoms with Gasteiger partial charge in [0.2, 0.25) is 5.91 Å². The molecule has 0 aromatic heterocycles. The number of hydrogen-bond acceptors (Lipinski definition) is 3. The van der Waals surface area contributed by atoms with Crippen molar-refractivity contribution >= 4 is 23.4 Å². The predicted molar refractivity (Wildman–Crippen MR) is 112 cm³/mol. The third kappa shape index (κ3) is 5.99. The molecule has 0 aliphatic heterocycles. The molecule has 2 atom stereocenters. The molecule has 0 fully saturated rings. The van der Waals surface area contributed by atoms with E-state index in [0.717, 1.165) is 5.56 Å². The van der Waals surface area contributed by atoms with Gasteiger partial charge in [-0.1, -0.05) is 37.6 Å². The van der Waals surface area contributed by atoms with Gasteiger partial charge in [-0.2, -0.15) is 0 Å². The van der Waals surface area contributed by atoms with Gasteiger partial charge in [-0.25, -0.2) is 0 Å². The highest BCUT2D eigenvalue weighted by Gasteiger charge is 2.26. The van der Waals surface area contributed by atoms with E-state index in [4.69, 9.17) is 16.3 Å². The lowest BCUT2D eigenvalue weighted by Crippen LogP contribution is -2.50. The highest BCUT2D eigenvalue weighted by molar-refractivity contribution is 6.30. The standard InChI is InChI=1S/C22H27ClN2O3/c1-5-28-19-12-8-17(9-13-19)21(26)25-20(14(2)3)22(27)24-15(4)16-6-10-18(23)11-7-16/h6-15,20H,5H2,1-4H3,(H,24,27)(H,25,26). The fourth-order valence-electron chi connectivity index (χ4n) is 2.77. The summed E-state index contributed by atoms with van der Waals surface area (Å²) < 4.78 is 5.39. The minimum atomic E-state index is -0.645. The van der Waals surface area contributed by atoms with Crippen molar-refractivity contribution in [3.05, 3.63) is 64.7 Å². The second kappa shape index (κ2) is 10.1. The average molecular weight is 403 g/mol. The van der Waals surface area contributed by atoms with Crippen LogP contribution in [0.15, 0.2) is 48.5 Å². The van der Waals surface area contributed by atoms with Crippen molar-refractivity contribution in [1.29, 1.82) is 0 Å². The molecule has 0 aliphatic carbocycles. The van der Waals surface area contributed by atoms with Crippen LogP contribution in [0.1, 0.15) is 49.7 Å². The molecule has 2 amide bonds. The number of hydrogen-bond donors (Lipinski definition) is 2. The molecule has 0 saturated carbocycles. The van der Waals surface area contributed by atoms with Crippen LogP contribution in [-0.4, -0.2) is 24.5 Å². The minimum absolute atomic E-state index is 0.0657. The first-order valence-corrected chi connectivity index (χ1v) is 9.79. The summed E-state index contributed by atoms with van der Waals surface area (Å²) in [6, 6.07) is 13.3. The number of halogens is 1. The fraction of sp³-hybridized carbons (Fsp3) is 0.364. The Hall–Kier alpha value is -2.53. The second-order valence-corrected chi connectivity index (χ2v) is 7.37. The van der Waals surface area contributed by atoms with E-state index >= 15 is 0 Å². The highest BCUT2D eigenvalue weighted by atomic mass is 35.5. The van der Waals surface area contributed by atoms with Crippen molar-refractivity contribution in [1.82, 2.24) is 10.6 Å². The van der Waals surface area contributed by atoms with Gasteiger partial charge in [-0.15, -0.1) is 0 Å². The molecule has 0 aliphatic rings. The van der Waals surface area contributed by atoms with Gasteiger partial charge >= 0.3 is 0 Å². The summed E-state index contributed by atoms with van der Waals surface area (Å²) in [4.78, 5) is 25.3. The molecule has 0 radical (unpaired) electrons. The van der Waals surface area contributed by atoms with E-state index in [0.29, 0.717) is 22.9 Å². The van der Waals surface area contributed by atoms with Crippen molar-refractivity contribution < 1.29 is 14.3 Å². The lowest BCUT2D eigenvalue weighted by molar-refractivity contribution is -0.124. The van der Waals surface area contributed by atoms with Crippen molar-refractivity contribution in [3.8, 4) is 5.75 Å². The zero-order chi connectivity index (χ0) is 20.7. The Bertz CT molecular complexity index is 788. The molecule has 5 nitrogen and oxygen atoms in total. The Labute approximate surface area is 171 Å². The first-order chi connectivity index (χ1) is 13.3. The van der Waals surface area contributed by atoms with Gasteiger partial charge in [0.25, 0.3) is 5.91 Å². The van der Waals surface area contributed by atoms with Gasteiger partial charge in [0.05, 0.1) is 12.6 Å². The number of carbonyl (C=O) groups is 2. The van der Waals surface area contributed by atoms with Crippen molar-refractivity contribution in [2.75, 3.05) is 6.61 Å². The molecule has 150 valence electrons.